The lowest BCUT2D eigenvalue weighted by atomic mass is 9.99. The van der Waals surface area contributed by atoms with E-state index in [4.69, 9.17) is 0 Å². The van der Waals surface area contributed by atoms with E-state index in [1.165, 1.54) is 11.1 Å². The molecule has 0 aliphatic rings. The van der Waals surface area contributed by atoms with E-state index in [0.29, 0.717) is 18.9 Å². The SMILES string of the molecule is CCC(C)n1ccc(CC(=O)Cc2cc(C)ccc2C)n1. The fourth-order valence-corrected chi connectivity index (χ4v) is 2.37. The molecule has 0 saturated carbocycles. The van der Waals surface area contributed by atoms with Crippen LogP contribution in [0.25, 0.3) is 0 Å². The van der Waals surface area contributed by atoms with E-state index in [1.54, 1.807) is 0 Å². The van der Waals surface area contributed by atoms with Crippen LogP contribution in [-0.2, 0) is 17.6 Å². The average Bonchev–Trinajstić information content (AvgIpc) is 2.90. The predicted molar refractivity (Wildman–Crippen MR) is 85.6 cm³/mol. The van der Waals surface area contributed by atoms with Gasteiger partial charge in [-0.05, 0) is 44.4 Å². The maximum Gasteiger partial charge on any atom is 0.143 e. The molecule has 1 aromatic carbocycles. The van der Waals surface area contributed by atoms with Gasteiger partial charge in [-0.3, -0.25) is 9.48 Å². The Morgan fingerprint density at radius 3 is 2.71 bits per heavy atom. The van der Waals surface area contributed by atoms with E-state index in [9.17, 15) is 4.79 Å². The van der Waals surface area contributed by atoms with Crippen LogP contribution in [0.4, 0.5) is 0 Å². The van der Waals surface area contributed by atoms with Crippen LogP contribution < -0.4 is 0 Å². The lowest BCUT2D eigenvalue weighted by Crippen LogP contribution is -2.10. The molecule has 0 amide bonds. The molecule has 0 fully saturated rings. The van der Waals surface area contributed by atoms with Gasteiger partial charge in [0.1, 0.15) is 5.78 Å². The van der Waals surface area contributed by atoms with Crippen LogP contribution in [0, 0.1) is 13.8 Å². The minimum atomic E-state index is 0.220. The molecule has 2 aromatic rings. The van der Waals surface area contributed by atoms with Crippen molar-refractivity contribution in [2.24, 2.45) is 0 Å². The van der Waals surface area contributed by atoms with Gasteiger partial charge in [0, 0.05) is 18.7 Å². The minimum Gasteiger partial charge on any atom is -0.299 e. The predicted octanol–water partition coefficient (Wildman–Crippen LogP) is 3.83. The van der Waals surface area contributed by atoms with Crippen LogP contribution in [0.15, 0.2) is 30.5 Å². The Morgan fingerprint density at radius 1 is 1.24 bits per heavy atom. The molecule has 1 aromatic heterocycles. The van der Waals surface area contributed by atoms with Crippen molar-refractivity contribution in [1.29, 1.82) is 0 Å². The van der Waals surface area contributed by atoms with Gasteiger partial charge in [0.25, 0.3) is 0 Å². The molecule has 0 N–H and O–H groups in total. The van der Waals surface area contributed by atoms with Crippen LogP contribution in [0.1, 0.15) is 48.7 Å². The van der Waals surface area contributed by atoms with Gasteiger partial charge >= 0.3 is 0 Å². The standard InChI is InChI=1S/C18H24N2O/c1-5-15(4)20-9-8-17(19-20)12-18(21)11-16-10-13(2)6-7-14(16)3/h6-10,15H,5,11-12H2,1-4H3. The topological polar surface area (TPSA) is 34.9 Å². The van der Waals surface area contributed by atoms with E-state index in [2.05, 4.69) is 51.0 Å². The first-order chi connectivity index (χ1) is 9.99. The molecule has 0 spiro atoms. The van der Waals surface area contributed by atoms with Crippen molar-refractivity contribution in [3.63, 3.8) is 0 Å². The summed E-state index contributed by atoms with van der Waals surface area (Å²) < 4.78 is 1.94. The van der Waals surface area contributed by atoms with Gasteiger partial charge in [-0.1, -0.05) is 30.7 Å². The molecule has 112 valence electrons. The lowest BCUT2D eigenvalue weighted by molar-refractivity contribution is -0.117. The second-order valence-electron chi connectivity index (χ2n) is 5.87. The summed E-state index contributed by atoms with van der Waals surface area (Å²) in [4.78, 5) is 12.2. The Hall–Kier alpha value is -1.90. The molecule has 2 rings (SSSR count). The molecule has 1 atom stereocenters. The summed E-state index contributed by atoms with van der Waals surface area (Å²) in [6.45, 7) is 8.38. The van der Waals surface area contributed by atoms with Gasteiger partial charge in [0.2, 0.25) is 0 Å². The fraction of sp³-hybridized carbons (Fsp3) is 0.444. The van der Waals surface area contributed by atoms with Crippen LogP contribution in [0.3, 0.4) is 0 Å². The van der Waals surface area contributed by atoms with Gasteiger partial charge in [0.05, 0.1) is 12.1 Å². The summed E-state index contributed by atoms with van der Waals surface area (Å²) in [6, 6.07) is 8.60. The molecule has 0 aliphatic carbocycles. The number of Topliss-reactive ketones (excluding diaryl/α,β-unsaturated/α-hetero) is 1. The molecule has 0 bridgehead atoms. The van der Waals surface area contributed by atoms with Crippen LogP contribution in [-0.4, -0.2) is 15.6 Å². The number of nitrogens with zero attached hydrogens (tertiary/aromatic N) is 2. The quantitative estimate of drug-likeness (QED) is 0.808. The molecular formula is C18H24N2O. The number of aryl methyl sites for hydroxylation is 2. The van der Waals surface area contributed by atoms with Gasteiger partial charge < -0.3 is 0 Å². The van der Waals surface area contributed by atoms with Crippen molar-refractivity contribution in [1.82, 2.24) is 9.78 Å². The number of benzene rings is 1. The highest BCUT2D eigenvalue weighted by Gasteiger charge is 2.11. The second kappa shape index (κ2) is 6.70. The smallest absolute Gasteiger partial charge is 0.143 e. The zero-order chi connectivity index (χ0) is 15.4. The largest absolute Gasteiger partial charge is 0.299 e. The molecule has 3 heteroatoms. The molecule has 0 aliphatic heterocycles. The molecule has 1 unspecified atom stereocenters. The maximum atomic E-state index is 12.2. The highest BCUT2D eigenvalue weighted by molar-refractivity contribution is 5.83. The molecule has 21 heavy (non-hydrogen) atoms. The van der Waals surface area contributed by atoms with Crippen molar-refractivity contribution < 1.29 is 4.79 Å². The second-order valence-corrected chi connectivity index (χ2v) is 5.87. The zero-order valence-electron chi connectivity index (χ0n) is 13.4. The summed E-state index contributed by atoms with van der Waals surface area (Å²) in [5.74, 6) is 0.220. The first-order valence-electron chi connectivity index (χ1n) is 7.61. The van der Waals surface area contributed by atoms with Gasteiger partial charge in [-0.15, -0.1) is 0 Å². The number of carbonyl (C=O) groups is 1. The molecule has 0 radical (unpaired) electrons. The van der Waals surface area contributed by atoms with Gasteiger partial charge in [-0.25, -0.2) is 0 Å². The molecule has 3 nitrogen and oxygen atoms in total. The van der Waals surface area contributed by atoms with E-state index >= 15 is 0 Å². The van der Waals surface area contributed by atoms with Gasteiger partial charge in [0.15, 0.2) is 0 Å². The summed E-state index contributed by atoms with van der Waals surface area (Å²) >= 11 is 0. The Labute approximate surface area is 127 Å². The van der Waals surface area contributed by atoms with Crippen LogP contribution in [0.2, 0.25) is 0 Å². The van der Waals surface area contributed by atoms with Crippen molar-refractivity contribution in [3.8, 4) is 0 Å². The van der Waals surface area contributed by atoms with E-state index in [0.717, 1.165) is 17.7 Å². The van der Waals surface area contributed by atoms with E-state index in [-0.39, 0.29) is 5.78 Å². The normalized spacial score (nSPS) is 12.4. The summed E-state index contributed by atoms with van der Waals surface area (Å²) in [7, 11) is 0. The Morgan fingerprint density at radius 2 is 2.00 bits per heavy atom. The lowest BCUT2D eigenvalue weighted by Gasteiger charge is -2.08. The molecule has 0 saturated heterocycles. The number of aromatic nitrogens is 2. The van der Waals surface area contributed by atoms with E-state index in [1.807, 2.05) is 16.9 Å². The first kappa shape index (κ1) is 15.5. The van der Waals surface area contributed by atoms with Crippen molar-refractivity contribution in [2.45, 2.75) is 53.0 Å². The average molecular weight is 284 g/mol. The number of ketones is 1. The zero-order valence-corrected chi connectivity index (χ0v) is 13.4. The third-order valence-electron chi connectivity index (χ3n) is 3.98. The van der Waals surface area contributed by atoms with Crippen molar-refractivity contribution >= 4 is 5.78 Å². The number of carbonyl (C=O) groups excluding carboxylic acids is 1. The third kappa shape index (κ3) is 4.03. The Balaban J connectivity index is 2.01. The molecule has 1 heterocycles. The minimum absolute atomic E-state index is 0.220. The summed E-state index contributed by atoms with van der Waals surface area (Å²) in [5.41, 5.74) is 4.37. The highest BCUT2D eigenvalue weighted by atomic mass is 16.1. The van der Waals surface area contributed by atoms with Crippen LogP contribution >= 0.6 is 0 Å². The van der Waals surface area contributed by atoms with E-state index < -0.39 is 0 Å². The number of hydrogen-bond donors (Lipinski definition) is 0. The number of hydrogen-bond acceptors (Lipinski definition) is 2. The molecular weight excluding hydrogens is 260 g/mol. The highest BCUT2D eigenvalue weighted by Crippen LogP contribution is 2.14. The Kier molecular flexibility index (Phi) is 4.94. The monoisotopic (exact) mass is 284 g/mol. The number of rotatable bonds is 6. The fourth-order valence-electron chi connectivity index (χ4n) is 2.37. The first-order valence-corrected chi connectivity index (χ1v) is 7.61. The van der Waals surface area contributed by atoms with Gasteiger partial charge in [-0.2, -0.15) is 5.10 Å². The van der Waals surface area contributed by atoms with Crippen LogP contribution in [0.5, 0.6) is 0 Å². The third-order valence-corrected chi connectivity index (χ3v) is 3.98. The summed E-state index contributed by atoms with van der Waals surface area (Å²) in [5, 5.41) is 4.50. The van der Waals surface area contributed by atoms with Crippen molar-refractivity contribution in [2.75, 3.05) is 0 Å². The maximum absolute atomic E-state index is 12.2. The Bertz CT molecular complexity index is 628. The summed E-state index contributed by atoms with van der Waals surface area (Å²) in [6.07, 6.45) is 3.91. The van der Waals surface area contributed by atoms with Crippen molar-refractivity contribution in [3.05, 3.63) is 52.8 Å².